The molecule has 6 heteroatoms. The molecule has 0 radical (unpaired) electrons. The molecule has 1 aliphatic heterocycles. The fourth-order valence-corrected chi connectivity index (χ4v) is 3.22. The normalized spacial score (nSPS) is 18.3. The number of aryl methyl sites for hydroxylation is 1. The van der Waals surface area contributed by atoms with E-state index in [1.807, 2.05) is 43.5 Å². The van der Waals surface area contributed by atoms with Crippen LogP contribution in [-0.2, 0) is 4.74 Å². The summed E-state index contributed by atoms with van der Waals surface area (Å²) in [6.07, 6.45) is 0.0872. The minimum absolute atomic E-state index is 0.0809. The lowest BCUT2D eigenvalue weighted by atomic mass is 10.2. The smallest absolute Gasteiger partial charge is 0.322 e. The molecular weight excluding hydrogens is 298 g/mol. The molecule has 1 atom stereocenters. The number of nitrogens with one attached hydrogen (secondary N) is 1. The molecule has 0 unspecified atom stereocenters. The molecule has 0 aliphatic carbocycles. The first-order valence-corrected chi connectivity index (χ1v) is 8.20. The number of amides is 2. The average Bonchev–Trinajstić information content (AvgIpc) is 2.94. The Morgan fingerprint density at radius 1 is 1.50 bits per heavy atom. The third-order valence-electron chi connectivity index (χ3n) is 3.51. The Bertz CT molecular complexity index is 671. The summed E-state index contributed by atoms with van der Waals surface area (Å²) in [5.74, 6) is 0. The molecule has 1 aliphatic rings. The van der Waals surface area contributed by atoms with Gasteiger partial charge in [0.2, 0.25) is 0 Å². The molecular formula is C16H19N3O2S. The predicted molar refractivity (Wildman–Crippen MR) is 88.3 cm³/mol. The second-order valence-corrected chi connectivity index (χ2v) is 6.29. The number of nitrogens with zero attached hydrogens (tertiary/aromatic N) is 2. The van der Waals surface area contributed by atoms with Gasteiger partial charge in [0.05, 0.1) is 12.7 Å². The van der Waals surface area contributed by atoms with Crippen molar-refractivity contribution < 1.29 is 9.53 Å². The largest absolute Gasteiger partial charge is 0.375 e. The number of carbonyl (C=O) groups excluding carboxylic acids is 1. The highest BCUT2D eigenvalue weighted by atomic mass is 32.1. The zero-order chi connectivity index (χ0) is 15.5. The zero-order valence-electron chi connectivity index (χ0n) is 12.7. The highest BCUT2D eigenvalue weighted by Gasteiger charge is 2.21. The number of urea groups is 1. The summed E-state index contributed by atoms with van der Waals surface area (Å²) in [6, 6.07) is 7.71. The number of hydrogen-bond donors (Lipinski definition) is 1. The molecule has 116 valence electrons. The average molecular weight is 317 g/mol. The van der Waals surface area contributed by atoms with Gasteiger partial charge in [-0.25, -0.2) is 9.78 Å². The Labute approximate surface area is 133 Å². The molecule has 2 aromatic rings. The molecule has 0 spiro atoms. The molecule has 1 aromatic carbocycles. The van der Waals surface area contributed by atoms with Crippen LogP contribution in [0.4, 0.5) is 10.5 Å². The summed E-state index contributed by atoms with van der Waals surface area (Å²) < 4.78 is 5.46. The SMILES string of the molecule is Cc1csc(-c2cccc(NC(=O)N3CCO[C@@H](C)C3)c2)n1. The van der Waals surface area contributed by atoms with E-state index in [0.29, 0.717) is 19.7 Å². The summed E-state index contributed by atoms with van der Waals surface area (Å²) in [5.41, 5.74) is 2.82. The van der Waals surface area contributed by atoms with Crippen molar-refractivity contribution in [2.75, 3.05) is 25.0 Å². The first kappa shape index (κ1) is 15.0. The first-order valence-electron chi connectivity index (χ1n) is 7.32. The highest BCUT2D eigenvalue weighted by Crippen LogP contribution is 2.26. The fourth-order valence-electron chi connectivity index (χ4n) is 2.42. The Balaban J connectivity index is 1.71. The van der Waals surface area contributed by atoms with Gasteiger partial charge in [0.1, 0.15) is 5.01 Å². The first-order chi connectivity index (χ1) is 10.6. The molecule has 5 nitrogen and oxygen atoms in total. The van der Waals surface area contributed by atoms with Gasteiger partial charge in [0.15, 0.2) is 0 Å². The second kappa shape index (κ2) is 6.46. The van der Waals surface area contributed by atoms with Crippen LogP contribution >= 0.6 is 11.3 Å². The van der Waals surface area contributed by atoms with E-state index in [-0.39, 0.29) is 12.1 Å². The number of aromatic nitrogens is 1. The van der Waals surface area contributed by atoms with Crippen molar-refractivity contribution in [1.82, 2.24) is 9.88 Å². The van der Waals surface area contributed by atoms with E-state index in [1.165, 1.54) is 0 Å². The summed E-state index contributed by atoms with van der Waals surface area (Å²) in [6.45, 7) is 5.79. The van der Waals surface area contributed by atoms with Gasteiger partial charge in [-0.2, -0.15) is 0 Å². The van der Waals surface area contributed by atoms with Gasteiger partial charge in [-0.15, -0.1) is 11.3 Å². The third kappa shape index (κ3) is 3.45. The van der Waals surface area contributed by atoms with Crippen molar-refractivity contribution in [2.45, 2.75) is 20.0 Å². The van der Waals surface area contributed by atoms with Crippen molar-refractivity contribution >= 4 is 23.1 Å². The van der Waals surface area contributed by atoms with E-state index in [9.17, 15) is 4.79 Å². The van der Waals surface area contributed by atoms with E-state index in [2.05, 4.69) is 10.3 Å². The minimum atomic E-state index is -0.0809. The monoisotopic (exact) mass is 317 g/mol. The standard InChI is InChI=1S/C16H19N3O2S/c1-11-10-22-15(17-11)13-4-3-5-14(8-13)18-16(20)19-6-7-21-12(2)9-19/h3-5,8,10,12H,6-7,9H2,1-2H3,(H,18,20)/t12-/m0/s1. The zero-order valence-corrected chi connectivity index (χ0v) is 13.5. The molecule has 2 heterocycles. The summed E-state index contributed by atoms with van der Waals surface area (Å²) in [7, 11) is 0. The van der Waals surface area contributed by atoms with Crippen LogP contribution < -0.4 is 5.32 Å². The third-order valence-corrected chi connectivity index (χ3v) is 4.52. The number of anilines is 1. The maximum atomic E-state index is 12.3. The van der Waals surface area contributed by atoms with Crippen LogP contribution in [0.25, 0.3) is 10.6 Å². The number of hydrogen-bond acceptors (Lipinski definition) is 4. The van der Waals surface area contributed by atoms with E-state index in [1.54, 1.807) is 16.2 Å². The maximum absolute atomic E-state index is 12.3. The van der Waals surface area contributed by atoms with Crippen molar-refractivity contribution in [1.29, 1.82) is 0 Å². The van der Waals surface area contributed by atoms with Crippen LogP contribution in [0.15, 0.2) is 29.6 Å². The van der Waals surface area contributed by atoms with Gasteiger partial charge in [0.25, 0.3) is 0 Å². The molecule has 1 N–H and O–H groups in total. The number of rotatable bonds is 2. The van der Waals surface area contributed by atoms with Crippen LogP contribution in [0, 0.1) is 6.92 Å². The molecule has 1 aromatic heterocycles. The number of benzene rings is 1. The number of thiazole rings is 1. The fraction of sp³-hybridized carbons (Fsp3) is 0.375. The topological polar surface area (TPSA) is 54.5 Å². The number of carbonyl (C=O) groups is 1. The lowest BCUT2D eigenvalue weighted by Gasteiger charge is -2.31. The van der Waals surface area contributed by atoms with Crippen molar-refractivity contribution in [3.05, 3.63) is 35.3 Å². The molecule has 2 amide bonds. The highest BCUT2D eigenvalue weighted by molar-refractivity contribution is 7.13. The van der Waals surface area contributed by atoms with Gasteiger partial charge in [-0.05, 0) is 26.0 Å². The van der Waals surface area contributed by atoms with Crippen molar-refractivity contribution in [2.24, 2.45) is 0 Å². The minimum Gasteiger partial charge on any atom is -0.375 e. The Morgan fingerprint density at radius 2 is 2.36 bits per heavy atom. The van der Waals surface area contributed by atoms with Gasteiger partial charge < -0.3 is 15.0 Å². The van der Waals surface area contributed by atoms with Gasteiger partial charge in [0, 0.05) is 35.4 Å². The summed E-state index contributed by atoms with van der Waals surface area (Å²) in [4.78, 5) is 18.6. The molecule has 1 saturated heterocycles. The van der Waals surface area contributed by atoms with Gasteiger partial charge in [-0.3, -0.25) is 0 Å². The van der Waals surface area contributed by atoms with Gasteiger partial charge >= 0.3 is 6.03 Å². The van der Waals surface area contributed by atoms with Crippen LogP contribution in [-0.4, -0.2) is 41.7 Å². The maximum Gasteiger partial charge on any atom is 0.322 e. The number of morpholine rings is 1. The van der Waals surface area contributed by atoms with Gasteiger partial charge in [-0.1, -0.05) is 12.1 Å². The quantitative estimate of drug-likeness (QED) is 0.924. The molecule has 0 saturated carbocycles. The molecule has 3 rings (SSSR count). The Kier molecular flexibility index (Phi) is 4.40. The van der Waals surface area contributed by atoms with E-state index < -0.39 is 0 Å². The molecule has 22 heavy (non-hydrogen) atoms. The molecule has 0 bridgehead atoms. The van der Waals surface area contributed by atoms with E-state index in [4.69, 9.17) is 4.74 Å². The Hall–Kier alpha value is -1.92. The van der Waals surface area contributed by atoms with E-state index in [0.717, 1.165) is 22.0 Å². The van der Waals surface area contributed by atoms with Crippen LogP contribution in [0.2, 0.25) is 0 Å². The summed E-state index contributed by atoms with van der Waals surface area (Å²) >= 11 is 1.61. The van der Waals surface area contributed by atoms with Crippen molar-refractivity contribution in [3.8, 4) is 10.6 Å². The van der Waals surface area contributed by atoms with Crippen molar-refractivity contribution in [3.63, 3.8) is 0 Å². The van der Waals surface area contributed by atoms with Crippen LogP contribution in [0.3, 0.4) is 0 Å². The summed E-state index contributed by atoms with van der Waals surface area (Å²) in [5, 5.41) is 5.95. The number of ether oxygens (including phenoxy) is 1. The lowest BCUT2D eigenvalue weighted by Crippen LogP contribution is -2.46. The second-order valence-electron chi connectivity index (χ2n) is 5.43. The lowest BCUT2D eigenvalue weighted by molar-refractivity contribution is -0.00138. The predicted octanol–water partition coefficient (Wildman–Crippen LogP) is 3.37. The Morgan fingerprint density at radius 3 is 3.09 bits per heavy atom. The van der Waals surface area contributed by atoms with E-state index >= 15 is 0 Å². The molecule has 1 fully saturated rings. The van der Waals surface area contributed by atoms with Crippen LogP contribution in [0.5, 0.6) is 0 Å². The van der Waals surface area contributed by atoms with Crippen LogP contribution in [0.1, 0.15) is 12.6 Å².